The molecule has 2 unspecified atom stereocenters. The van der Waals surface area contributed by atoms with Gasteiger partial charge < -0.3 is 9.80 Å². The first-order chi connectivity index (χ1) is 12.0. The molecule has 136 valence electrons. The van der Waals surface area contributed by atoms with Crippen LogP contribution in [0.3, 0.4) is 0 Å². The zero-order chi connectivity index (χ0) is 17.6. The average molecular weight is 343 g/mol. The Bertz CT molecular complexity index is 613. The van der Waals surface area contributed by atoms with Crippen molar-refractivity contribution in [1.82, 2.24) is 19.8 Å². The number of hydrogen-bond donors (Lipinski definition) is 0. The van der Waals surface area contributed by atoms with E-state index in [-0.39, 0.29) is 5.92 Å². The van der Waals surface area contributed by atoms with Gasteiger partial charge >= 0.3 is 0 Å². The zero-order valence-corrected chi connectivity index (χ0v) is 15.6. The number of Topliss-reactive ketones (excluding diaryl/α,β-unsaturated/α-hetero) is 1. The number of rotatable bonds is 5. The van der Waals surface area contributed by atoms with E-state index in [1.807, 2.05) is 12.4 Å². The van der Waals surface area contributed by atoms with Crippen LogP contribution in [0.1, 0.15) is 38.2 Å². The lowest BCUT2D eigenvalue weighted by molar-refractivity contribution is -0.125. The first kappa shape index (κ1) is 16.9. The minimum Gasteiger partial charge on any atom is -0.332 e. The van der Waals surface area contributed by atoms with Crippen molar-refractivity contribution < 1.29 is 4.79 Å². The van der Waals surface area contributed by atoms with E-state index in [4.69, 9.17) is 0 Å². The van der Waals surface area contributed by atoms with Crippen LogP contribution in [-0.2, 0) is 11.3 Å². The molecule has 6 nitrogen and oxygen atoms in total. The molecule has 2 atom stereocenters. The quantitative estimate of drug-likeness (QED) is 0.809. The van der Waals surface area contributed by atoms with Gasteiger partial charge in [0, 0.05) is 61.6 Å². The minimum atomic E-state index is 0.277. The third-order valence-electron chi connectivity index (χ3n) is 6.33. The highest BCUT2D eigenvalue weighted by atomic mass is 16.1. The van der Waals surface area contributed by atoms with Crippen molar-refractivity contribution in [3.63, 3.8) is 0 Å². The molecule has 3 heterocycles. The van der Waals surface area contributed by atoms with E-state index in [9.17, 15) is 4.79 Å². The Morgan fingerprint density at radius 2 is 1.80 bits per heavy atom. The van der Waals surface area contributed by atoms with Gasteiger partial charge in [-0.25, -0.2) is 9.97 Å². The van der Waals surface area contributed by atoms with Crippen LogP contribution in [-0.4, -0.2) is 70.9 Å². The number of ketones is 1. The summed E-state index contributed by atoms with van der Waals surface area (Å²) in [6, 6.07) is 1.65. The summed E-state index contributed by atoms with van der Waals surface area (Å²) in [5.74, 6) is 1.50. The molecule has 2 aliphatic heterocycles. The number of likely N-dealkylation sites (N-methyl/N-ethyl adjacent to an activating group) is 1. The van der Waals surface area contributed by atoms with E-state index >= 15 is 0 Å². The molecule has 0 aromatic carbocycles. The van der Waals surface area contributed by atoms with E-state index in [1.165, 1.54) is 12.8 Å². The Morgan fingerprint density at radius 1 is 1.20 bits per heavy atom. The monoisotopic (exact) mass is 343 g/mol. The van der Waals surface area contributed by atoms with Crippen LogP contribution < -0.4 is 4.90 Å². The third-order valence-corrected chi connectivity index (χ3v) is 6.33. The Hall–Kier alpha value is -1.53. The molecule has 0 spiro atoms. The lowest BCUT2D eigenvalue weighted by atomic mass is 9.77. The largest absolute Gasteiger partial charge is 0.332 e. The molecule has 3 aliphatic rings. The van der Waals surface area contributed by atoms with Crippen molar-refractivity contribution in [2.45, 2.75) is 57.3 Å². The second-order valence-electron chi connectivity index (χ2n) is 8.25. The second-order valence-corrected chi connectivity index (χ2v) is 8.25. The minimum absolute atomic E-state index is 0.277. The molecule has 0 N–H and O–H groups in total. The number of hydrogen-bond acceptors (Lipinski definition) is 6. The summed E-state index contributed by atoms with van der Waals surface area (Å²) in [6.45, 7) is 4.79. The molecule has 25 heavy (non-hydrogen) atoms. The predicted molar refractivity (Wildman–Crippen MR) is 97.5 cm³/mol. The van der Waals surface area contributed by atoms with Gasteiger partial charge in [-0.2, -0.15) is 0 Å². The lowest BCUT2D eigenvalue weighted by Crippen LogP contribution is -2.53. The highest BCUT2D eigenvalue weighted by Gasteiger charge is 2.40. The molecular weight excluding hydrogens is 314 g/mol. The summed E-state index contributed by atoms with van der Waals surface area (Å²) >= 11 is 0. The van der Waals surface area contributed by atoms with Crippen molar-refractivity contribution in [3.8, 4) is 0 Å². The van der Waals surface area contributed by atoms with Gasteiger partial charge in [-0.1, -0.05) is 0 Å². The van der Waals surface area contributed by atoms with Crippen LogP contribution in [0.5, 0.6) is 0 Å². The number of aromatic nitrogens is 2. The van der Waals surface area contributed by atoms with Crippen molar-refractivity contribution in [3.05, 3.63) is 18.0 Å². The van der Waals surface area contributed by atoms with Gasteiger partial charge in [-0.3, -0.25) is 9.69 Å². The van der Waals surface area contributed by atoms with Crippen molar-refractivity contribution in [2.24, 2.45) is 5.92 Å². The van der Waals surface area contributed by atoms with E-state index in [0.29, 0.717) is 23.9 Å². The summed E-state index contributed by atoms with van der Waals surface area (Å²) in [5.41, 5.74) is 1.15. The maximum absolute atomic E-state index is 11.4. The standard InChI is InChI=1S/C19H29N5O/c1-13(25)15-6-18(7-15)23(3)10-14-8-20-19(21-9-14)24-16-4-5-17(24)12-22(2)11-16/h8-9,15-18H,4-7,10-12H2,1-3H3. The summed E-state index contributed by atoms with van der Waals surface area (Å²) in [6.07, 6.45) is 8.46. The van der Waals surface area contributed by atoms with E-state index in [0.717, 1.165) is 44.0 Å². The molecule has 1 aromatic rings. The van der Waals surface area contributed by atoms with Crippen LogP contribution in [0.25, 0.3) is 0 Å². The van der Waals surface area contributed by atoms with Gasteiger partial charge in [0.05, 0.1) is 0 Å². The van der Waals surface area contributed by atoms with Crippen molar-refractivity contribution in [1.29, 1.82) is 0 Å². The van der Waals surface area contributed by atoms with Crippen molar-refractivity contribution in [2.75, 3.05) is 32.1 Å². The molecule has 1 saturated carbocycles. The highest BCUT2D eigenvalue weighted by Crippen LogP contribution is 2.33. The summed E-state index contributed by atoms with van der Waals surface area (Å²) in [4.78, 5) is 27.9. The van der Waals surface area contributed by atoms with Gasteiger partial charge in [-0.05, 0) is 46.7 Å². The molecule has 6 heteroatoms. The van der Waals surface area contributed by atoms with Gasteiger partial charge in [0.25, 0.3) is 0 Å². The number of nitrogens with zero attached hydrogens (tertiary/aromatic N) is 5. The Kier molecular flexibility index (Phi) is 4.50. The molecular formula is C19H29N5O. The number of carbonyl (C=O) groups is 1. The molecule has 1 aliphatic carbocycles. The summed E-state index contributed by atoms with van der Waals surface area (Å²) in [5, 5.41) is 0. The maximum atomic E-state index is 11.4. The Morgan fingerprint density at radius 3 is 2.36 bits per heavy atom. The number of carbonyl (C=O) groups excluding carboxylic acids is 1. The van der Waals surface area contributed by atoms with Gasteiger partial charge in [-0.15, -0.1) is 0 Å². The molecule has 0 amide bonds. The van der Waals surface area contributed by atoms with Crippen LogP contribution in [0.4, 0.5) is 5.95 Å². The molecule has 2 bridgehead atoms. The first-order valence-corrected chi connectivity index (χ1v) is 9.49. The molecule has 2 saturated heterocycles. The Labute approximate surface area is 150 Å². The summed E-state index contributed by atoms with van der Waals surface area (Å²) < 4.78 is 0. The van der Waals surface area contributed by atoms with Crippen molar-refractivity contribution >= 4 is 11.7 Å². The van der Waals surface area contributed by atoms with Gasteiger partial charge in [0.15, 0.2) is 0 Å². The normalized spacial score (nSPS) is 32.1. The fraction of sp³-hybridized carbons (Fsp3) is 0.737. The topological polar surface area (TPSA) is 52.6 Å². The smallest absolute Gasteiger partial charge is 0.225 e. The third kappa shape index (κ3) is 3.29. The fourth-order valence-electron chi connectivity index (χ4n) is 4.70. The first-order valence-electron chi connectivity index (χ1n) is 9.49. The predicted octanol–water partition coefficient (Wildman–Crippen LogP) is 1.56. The highest BCUT2D eigenvalue weighted by molar-refractivity contribution is 5.79. The SMILES string of the molecule is CC(=O)C1CC(N(C)Cc2cnc(N3C4CCC3CN(C)C4)nc2)C1. The van der Waals surface area contributed by atoms with Crippen LogP contribution in [0.2, 0.25) is 0 Å². The van der Waals surface area contributed by atoms with E-state index < -0.39 is 0 Å². The average Bonchev–Trinajstić information content (AvgIpc) is 2.78. The number of piperazine rings is 1. The van der Waals surface area contributed by atoms with E-state index in [2.05, 4.69) is 38.8 Å². The van der Waals surface area contributed by atoms with Crippen LogP contribution in [0.15, 0.2) is 12.4 Å². The summed E-state index contributed by atoms with van der Waals surface area (Å²) in [7, 11) is 4.34. The van der Waals surface area contributed by atoms with E-state index in [1.54, 1.807) is 6.92 Å². The number of likely N-dealkylation sites (tertiary alicyclic amines) is 1. The Balaban J connectivity index is 1.36. The fourth-order valence-corrected chi connectivity index (χ4v) is 4.70. The van der Waals surface area contributed by atoms with Gasteiger partial charge in [0.1, 0.15) is 5.78 Å². The van der Waals surface area contributed by atoms with Gasteiger partial charge in [0.2, 0.25) is 5.95 Å². The van der Waals surface area contributed by atoms with Crippen LogP contribution >= 0.6 is 0 Å². The molecule has 0 radical (unpaired) electrons. The molecule has 1 aromatic heterocycles. The number of fused-ring (bicyclic) bond motifs is 2. The number of anilines is 1. The van der Waals surface area contributed by atoms with Crippen LogP contribution in [0, 0.1) is 5.92 Å². The maximum Gasteiger partial charge on any atom is 0.225 e. The second kappa shape index (κ2) is 6.65. The molecule has 3 fully saturated rings. The molecule has 4 rings (SSSR count). The lowest BCUT2D eigenvalue weighted by Gasteiger charge is -2.40. The zero-order valence-electron chi connectivity index (χ0n) is 15.6.